The van der Waals surface area contributed by atoms with Crippen LogP contribution in [-0.2, 0) is 6.54 Å². The van der Waals surface area contributed by atoms with Crippen molar-refractivity contribution in [2.24, 2.45) is 0 Å². The second-order valence-electron chi connectivity index (χ2n) is 4.20. The average molecular weight is 305 g/mol. The van der Waals surface area contributed by atoms with Gasteiger partial charge in [0.05, 0.1) is 11.6 Å². The highest BCUT2D eigenvalue weighted by atomic mass is 35.5. The standard InChI is InChI=1S/C14H13ClN4S/c1-19(9-11-5-3-4-10(6-11)8-16)13-7-12(15)17-14(18-13)20-2/h3-7H,9H2,1-2H3. The fourth-order valence-electron chi connectivity index (χ4n) is 1.77. The van der Waals surface area contributed by atoms with Crippen molar-refractivity contribution in [2.45, 2.75) is 11.7 Å². The molecule has 0 N–H and O–H groups in total. The molecule has 4 nitrogen and oxygen atoms in total. The van der Waals surface area contributed by atoms with E-state index in [0.29, 0.717) is 22.4 Å². The van der Waals surface area contributed by atoms with Crippen LogP contribution >= 0.6 is 23.4 Å². The molecule has 0 fully saturated rings. The summed E-state index contributed by atoms with van der Waals surface area (Å²) in [5.41, 5.74) is 1.70. The van der Waals surface area contributed by atoms with Crippen molar-refractivity contribution >= 4 is 29.2 Å². The Balaban J connectivity index is 2.21. The van der Waals surface area contributed by atoms with Crippen LogP contribution in [0.5, 0.6) is 0 Å². The van der Waals surface area contributed by atoms with Gasteiger partial charge in [-0.3, -0.25) is 0 Å². The first-order valence-corrected chi connectivity index (χ1v) is 7.51. The van der Waals surface area contributed by atoms with Crippen molar-refractivity contribution in [3.63, 3.8) is 0 Å². The summed E-state index contributed by atoms with van der Waals surface area (Å²) in [6.07, 6.45) is 1.91. The second kappa shape index (κ2) is 6.60. The number of aromatic nitrogens is 2. The van der Waals surface area contributed by atoms with Crippen molar-refractivity contribution in [1.29, 1.82) is 5.26 Å². The SMILES string of the molecule is CSc1nc(Cl)cc(N(C)Cc2cccc(C#N)c2)n1. The summed E-state index contributed by atoms with van der Waals surface area (Å²) in [7, 11) is 1.93. The highest BCUT2D eigenvalue weighted by Gasteiger charge is 2.08. The molecule has 0 radical (unpaired) electrons. The monoisotopic (exact) mass is 304 g/mol. The van der Waals surface area contributed by atoms with Gasteiger partial charge in [-0.2, -0.15) is 5.26 Å². The number of hydrogen-bond acceptors (Lipinski definition) is 5. The number of benzene rings is 1. The lowest BCUT2D eigenvalue weighted by molar-refractivity contribution is 0.857. The fourth-order valence-corrected chi connectivity index (χ4v) is 2.37. The molecule has 6 heteroatoms. The van der Waals surface area contributed by atoms with Crippen molar-refractivity contribution in [2.75, 3.05) is 18.2 Å². The first-order valence-electron chi connectivity index (χ1n) is 5.91. The maximum atomic E-state index is 8.91. The Hall–Kier alpha value is -1.77. The molecule has 0 aliphatic heterocycles. The molecule has 2 aromatic rings. The summed E-state index contributed by atoms with van der Waals surface area (Å²) in [5.74, 6) is 0.761. The number of rotatable bonds is 4. The van der Waals surface area contributed by atoms with Gasteiger partial charge in [0.25, 0.3) is 0 Å². The number of anilines is 1. The van der Waals surface area contributed by atoms with Crippen LogP contribution in [-0.4, -0.2) is 23.3 Å². The molecule has 20 heavy (non-hydrogen) atoms. The maximum Gasteiger partial charge on any atom is 0.190 e. The Morgan fingerprint density at radius 3 is 2.85 bits per heavy atom. The number of thioether (sulfide) groups is 1. The Labute approximate surface area is 127 Å². The van der Waals surface area contributed by atoms with Gasteiger partial charge in [0.2, 0.25) is 0 Å². The van der Waals surface area contributed by atoms with Crippen molar-refractivity contribution in [3.05, 3.63) is 46.6 Å². The van der Waals surface area contributed by atoms with Gasteiger partial charge in [-0.1, -0.05) is 35.5 Å². The first kappa shape index (κ1) is 14.6. The van der Waals surface area contributed by atoms with Gasteiger partial charge >= 0.3 is 0 Å². The Bertz CT molecular complexity index is 654. The number of nitriles is 1. The highest BCUT2D eigenvalue weighted by Crippen LogP contribution is 2.21. The quantitative estimate of drug-likeness (QED) is 0.492. The van der Waals surface area contributed by atoms with Gasteiger partial charge in [0.15, 0.2) is 5.16 Å². The van der Waals surface area contributed by atoms with E-state index in [1.54, 1.807) is 12.1 Å². The van der Waals surface area contributed by atoms with E-state index in [1.165, 1.54) is 11.8 Å². The van der Waals surface area contributed by atoms with Crippen LogP contribution in [0.15, 0.2) is 35.5 Å². The van der Waals surface area contributed by atoms with E-state index in [1.807, 2.05) is 36.4 Å². The van der Waals surface area contributed by atoms with Gasteiger partial charge in [-0.25, -0.2) is 9.97 Å². The van der Waals surface area contributed by atoms with Crippen molar-refractivity contribution < 1.29 is 0 Å². The van der Waals surface area contributed by atoms with Gasteiger partial charge in [-0.15, -0.1) is 0 Å². The van der Waals surface area contributed by atoms with E-state index in [-0.39, 0.29) is 0 Å². The molecule has 0 spiro atoms. The topological polar surface area (TPSA) is 52.8 Å². The zero-order valence-corrected chi connectivity index (χ0v) is 12.7. The molecule has 0 saturated heterocycles. The van der Waals surface area contributed by atoms with E-state index in [9.17, 15) is 0 Å². The normalized spacial score (nSPS) is 10.1. The molecule has 0 atom stereocenters. The number of nitrogens with zero attached hydrogens (tertiary/aromatic N) is 4. The molecular weight excluding hydrogens is 292 g/mol. The third kappa shape index (κ3) is 3.62. The van der Waals surface area contributed by atoms with E-state index < -0.39 is 0 Å². The molecule has 0 unspecified atom stereocenters. The minimum atomic E-state index is 0.428. The van der Waals surface area contributed by atoms with Crippen molar-refractivity contribution in [1.82, 2.24) is 9.97 Å². The zero-order chi connectivity index (χ0) is 14.5. The minimum absolute atomic E-state index is 0.428. The lowest BCUT2D eigenvalue weighted by atomic mass is 10.1. The molecule has 1 aromatic heterocycles. The van der Waals surface area contributed by atoms with E-state index in [2.05, 4.69) is 16.0 Å². The zero-order valence-electron chi connectivity index (χ0n) is 11.2. The summed E-state index contributed by atoms with van der Waals surface area (Å²) in [6.45, 7) is 0.649. The predicted octanol–water partition coefficient (Wildman–Crippen LogP) is 3.36. The lowest BCUT2D eigenvalue weighted by Gasteiger charge is -2.18. The molecule has 0 aliphatic carbocycles. The third-order valence-electron chi connectivity index (χ3n) is 2.71. The smallest absolute Gasteiger partial charge is 0.190 e. The third-order valence-corrected chi connectivity index (χ3v) is 3.45. The Morgan fingerprint density at radius 2 is 2.15 bits per heavy atom. The Kier molecular flexibility index (Phi) is 4.83. The largest absolute Gasteiger partial charge is 0.355 e. The Morgan fingerprint density at radius 1 is 1.35 bits per heavy atom. The highest BCUT2D eigenvalue weighted by molar-refractivity contribution is 7.98. The van der Waals surface area contributed by atoms with Gasteiger partial charge in [0, 0.05) is 19.7 Å². The van der Waals surface area contributed by atoms with E-state index >= 15 is 0 Å². The van der Waals surface area contributed by atoms with Gasteiger partial charge < -0.3 is 4.90 Å². The van der Waals surface area contributed by atoms with Crippen LogP contribution in [0.25, 0.3) is 0 Å². The van der Waals surface area contributed by atoms with Gasteiger partial charge in [0.1, 0.15) is 11.0 Å². The molecule has 0 bridgehead atoms. The summed E-state index contributed by atoms with van der Waals surface area (Å²) in [5, 5.41) is 9.98. The molecular formula is C14H13ClN4S. The summed E-state index contributed by atoms with van der Waals surface area (Å²) >= 11 is 7.44. The van der Waals surface area contributed by atoms with Crippen LogP contribution < -0.4 is 4.90 Å². The lowest BCUT2D eigenvalue weighted by Crippen LogP contribution is -2.18. The van der Waals surface area contributed by atoms with Crippen LogP contribution in [0.4, 0.5) is 5.82 Å². The molecule has 0 amide bonds. The fraction of sp³-hybridized carbons (Fsp3) is 0.214. The van der Waals surface area contributed by atoms with E-state index in [0.717, 1.165) is 11.4 Å². The molecule has 102 valence electrons. The summed E-state index contributed by atoms with van der Waals surface area (Å²) in [4.78, 5) is 10.5. The molecule has 0 saturated carbocycles. The van der Waals surface area contributed by atoms with Crippen LogP contribution in [0.1, 0.15) is 11.1 Å². The summed E-state index contributed by atoms with van der Waals surface area (Å²) < 4.78 is 0. The molecule has 0 aliphatic rings. The second-order valence-corrected chi connectivity index (χ2v) is 5.36. The predicted molar refractivity (Wildman–Crippen MR) is 82.1 cm³/mol. The average Bonchev–Trinajstić information content (AvgIpc) is 2.46. The van der Waals surface area contributed by atoms with Crippen molar-refractivity contribution in [3.8, 4) is 6.07 Å². The maximum absolute atomic E-state index is 8.91. The molecule has 1 heterocycles. The number of hydrogen-bond donors (Lipinski definition) is 0. The minimum Gasteiger partial charge on any atom is -0.355 e. The summed E-state index contributed by atoms with van der Waals surface area (Å²) in [6, 6.07) is 11.4. The molecule has 2 rings (SSSR count). The van der Waals surface area contributed by atoms with Crippen LogP contribution in [0, 0.1) is 11.3 Å². The van der Waals surface area contributed by atoms with E-state index in [4.69, 9.17) is 16.9 Å². The molecule has 1 aromatic carbocycles. The van der Waals surface area contributed by atoms with Crippen LogP contribution in [0.3, 0.4) is 0 Å². The van der Waals surface area contributed by atoms with Gasteiger partial charge in [-0.05, 0) is 24.0 Å². The number of halogens is 1. The first-order chi connectivity index (χ1) is 9.62. The van der Waals surface area contributed by atoms with Crippen LogP contribution in [0.2, 0.25) is 5.15 Å².